The molecule has 0 radical (unpaired) electrons. The van der Waals surface area contributed by atoms with Crippen LogP contribution in [0.2, 0.25) is 0 Å². The summed E-state index contributed by atoms with van der Waals surface area (Å²) in [5.41, 5.74) is 0. The molecule has 1 aromatic rings. The van der Waals surface area contributed by atoms with Crippen molar-refractivity contribution >= 4 is 11.6 Å². The van der Waals surface area contributed by atoms with Gasteiger partial charge in [-0.15, -0.1) is 0 Å². The highest BCUT2D eigenvalue weighted by Crippen LogP contribution is 2.24. The first-order valence-corrected chi connectivity index (χ1v) is 7.05. The molecule has 5 heteroatoms. The SMILES string of the molecule is CCCc1nc(NC)cc(N(C)C2CCOC2C)n1. The van der Waals surface area contributed by atoms with Gasteiger partial charge >= 0.3 is 0 Å². The Labute approximate surface area is 115 Å². The molecule has 1 fully saturated rings. The normalized spacial score (nSPS) is 22.5. The van der Waals surface area contributed by atoms with Gasteiger partial charge in [-0.05, 0) is 19.8 Å². The predicted molar refractivity (Wildman–Crippen MR) is 77.8 cm³/mol. The quantitative estimate of drug-likeness (QED) is 0.882. The average molecular weight is 264 g/mol. The zero-order valence-corrected chi connectivity index (χ0v) is 12.3. The van der Waals surface area contributed by atoms with Crippen LogP contribution in [0.1, 0.15) is 32.5 Å². The largest absolute Gasteiger partial charge is 0.376 e. The number of likely N-dealkylation sites (N-methyl/N-ethyl adjacent to an activating group) is 1. The van der Waals surface area contributed by atoms with E-state index in [-0.39, 0.29) is 6.10 Å². The van der Waals surface area contributed by atoms with E-state index in [1.807, 2.05) is 13.1 Å². The van der Waals surface area contributed by atoms with Crippen LogP contribution in [-0.4, -0.2) is 42.8 Å². The molecule has 5 nitrogen and oxygen atoms in total. The maximum absolute atomic E-state index is 5.64. The Bertz CT molecular complexity index is 424. The zero-order valence-electron chi connectivity index (χ0n) is 12.3. The van der Waals surface area contributed by atoms with Crippen molar-refractivity contribution in [2.24, 2.45) is 0 Å². The van der Waals surface area contributed by atoms with Crippen molar-refractivity contribution in [3.8, 4) is 0 Å². The van der Waals surface area contributed by atoms with Crippen LogP contribution in [0.3, 0.4) is 0 Å². The molecule has 0 amide bonds. The molecule has 1 saturated heterocycles. The summed E-state index contributed by atoms with van der Waals surface area (Å²) in [4.78, 5) is 11.4. The van der Waals surface area contributed by atoms with Crippen molar-refractivity contribution in [3.05, 3.63) is 11.9 Å². The molecule has 2 rings (SSSR count). The lowest BCUT2D eigenvalue weighted by molar-refractivity contribution is 0.118. The Balaban J connectivity index is 2.24. The molecular formula is C14H24N4O. The molecule has 0 spiro atoms. The van der Waals surface area contributed by atoms with Gasteiger partial charge < -0.3 is 15.0 Å². The minimum atomic E-state index is 0.257. The van der Waals surface area contributed by atoms with Gasteiger partial charge in [0, 0.05) is 33.2 Å². The number of ether oxygens (including phenoxy) is 1. The Morgan fingerprint density at radius 3 is 2.84 bits per heavy atom. The van der Waals surface area contributed by atoms with Crippen molar-refractivity contribution < 1.29 is 4.74 Å². The molecule has 0 bridgehead atoms. The smallest absolute Gasteiger partial charge is 0.134 e. The maximum atomic E-state index is 5.64. The Kier molecular flexibility index (Phi) is 4.58. The van der Waals surface area contributed by atoms with E-state index in [4.69, 9.17) is 4.74 Å². The van der Waals surface area contributed by atoms with Crippen LogP contribution in [0, 0.1) is 0 Å². The molecular weight excluding hydrogens is 240 g/mol. The molecule has 0 aliphatic carbocycles. The molecule has 2 unspecified atom stereocenters. The second kappa shape index (κ2) is 6.19. The lowest BCUT2D eigenvalue weighted by Gasteiger charge is -2.28. The van der Waals surface area contributed by atoms with Crippen LogP contribution in [-0.2, 0) is 11.2 Å². The van der Waals surface area contributed by atoms with Gasteiger partial charge in [-0.2, -0.15) is 0 Å². The zero-order chi connectivity index (χ0) is 13.8. The summed E-state index contributed by atoms with van der Waals surface area (Å²) in [5.74, 6) is 2.76. The Hall–Kier alpha value is -1.36. The molecule has 1 aromatic heterocycles. The summed E-state index contributed by atoms with van der Waals surface area (Å²) >= 11 is 0. The minimum Gasteiger partial charge on any atom is -0.376 e. The third-order valence-electron chi connectivity index (χ3n) is 3.68. The van der Waals surface area contributed by atoms with E-state index >= 15 is 0 Å². The Morgan fingerprint density at radius 2 is 2.26 bits per heavy atom. The van der Waals surface area contributed by atoms with E-state index in [0.717, 1.165) is 43.3 Å². The number of aromatic nitrogens is 2. The Morgan fingerprint density at radius 1 is 1.47 bits per heavy atom. The highest BCUT2D eigenvalue weighted by atomic mass is 16.5. The van der Waals surface area contributed by atoms with E-state index in [2.05, 4.69) is 41.1 Å². The molecule has 2 atom stereocenters. The number of nitrogens with zero attached hydrogens (tertiary/aromatic N) is 3. The first kappa shape index (κ1) is 14.1. The molecule has 1 aliphatic rings. The van der Waals surface area contributed by atoms with Crippen molar-refractivity contribution in [2.45, 2.75) is 45.3 Å². The standard InChI is InChI=1S/C14H24N4O/c1-5-6-12-16-13(15-3)9-14(17-12)18(4)11-7-8-19-10(11)2/h9-11H,5-8H2,1-4H3,(H,15,16,17). The number of hydrogen-bond donors (Lipinski definition) is 1. The van der Waals surface area contributed by atoms with Gasteiger partial charge in [-0.3, -0.25) is 0 Å². The summed E-state index contributed by atoms with van der Waals surface area (Å²) < 4.78 is 5.64. The van der Waals surface area contributed by atoms with Crippen LogP contribution in [0.25, 0.3) is 0 Å². The molecule has 2 heterocycles. The second-order valence-electron chi connectivity index (χ2n) is 5.07. The first-order valence-electron chi connectivity index (χ1n) is 7.05. The van der Waals surface area contributed by atoms with E-state index in [1.54, 1.807) is 0 Å². The molecule has 106 valence electrons. The lowest BCUT2D eigenvalue weighted by Crippen LogP contribution is -2.37. The molecule has 1 aliphatic heterocycles. The minimum absolute atomic E-state index is 0.257. The lowest BCUT2D eigenvalue weighted by atomic mass is 10.1. The number of rotatable bonds is 5. The number of hydrogen-bond acceptors (Lipinski definition) is 5. The highest BCUT2D eigenvalue weighted by molar-refractivity contribution is 5.49. The second-order valence-corrected chi connectivity index (χ2v) is 5.07. The van der Waals surface area contributed by atoms with Gasteiger partial charge in [0.05, 0.1) is 12.1 Å². The van der Waals surface area contributed by atoms with Gasteiger partial charge in [0.15, 0.2) is 0 Å². The van der Waals surface area contributed by atoms with E-state index in [1.165, 1.54) is 0 Å². The molecule has 0 saturated carbocycles. The number of nitrogens with one attached hydrogen (secondary N) is 1. The van der Waals surface area contributed by atoms with Crippen molar-refractivity contribution in [3.63, 3.8) is 0 Å². The monoisotopic (exact) mass is 264 g/mol. The summed E-state index contributed by atoms with van der Waals surface area (Å²) in [6.07, 6.45) is 3.28. The van der Waals surface area contributed by atoms with Gasteiger partial charge in [0.25, 0.3) is 0 Å². The van der Waals surface area contributed by atoms with Crippen LogP contribution < -0.4 is 10.2 Å². The average Bonchev–Trinajstić information content (AvgIpc) is 2.84. The fourth-order valence-corrected chi connectivity index (χ4v) is 2.53. The third-order valence-corrected chi connectivity index (χ3v) is 3.68. The van der Waals surface area contributed by atoms with Crippen LogP contribution in [0.5, 0.6) is 0 Å². The fourth-order valence-electron chi connectivity index (χ4n) is 2.53. The first-order chi connectivity index (χ1) is 9.15. The van der Waals surface area contributed by atoms with Crippen molar-refractivity contribution in [2.75, 3.05) is 30.9 Å². The number of anilines is 2. The van der Waals surface area contributed by atoms with Crippen molar-refractivity contribution in [1.29, 1.82) is 0 Å². The number of aryl methyl sites for hydroxylation is 1. The highest BCUT2D eigenvalue weighted by Gasteiger charge is 2.29. The van der Waals surface area contributed by atoms with E-state index in [0.29, 0.717) is 6.04 Å². The van der Waals surface area contributed by atoms with Crippen molar-refractivity contribution in [1.82, 2.24) is 9.97 Å². The van der Waals surface area contributed by atoms with Crippen LogP contribution in [0.4, 0.5) is 11.6 Å². The van der Waals surface area contributed by atoms with E-state index in [9.17, 15) is 0 Å². The topological polar surface area (TPSA) is 50.3 Å². The summed E-state index contributed by atoms with van der Waals surface area (Å²) in [5, 5.41) is 3.11. The van der Waals surface area contributed by atoms with Gasteiger partial charge in [0.2, 0.25) is 0 Å². The van der Waals surface area contributed by atoms with Gasteiger partial charge in [-0.25, -0.2) is 9.97 Å². The molecule has 0 aromatic carbocycles. The summed E-state index contributed by atoms with van der Waals surface area (Å²) in [6.45, 7) is 5.11. The summed E-state index contributed by atoms with van der Waals surface area (Å²) in [6, 6.07) is 2.40. The van der Waals surface area contributed by atoms with Crippen LogP contribution >= 0.6 is 0 Å². The summed E-state index contributed by atoms with van der Waals surface area (Å²) in [7, 11) is 3.98. The molecule has 1 N–H and O–H groups in total. The fraction of sp³-hybridized carbons (Fsp3) is 0.714. The van der Waals surface area contributed by atoms with E-state index < -0.39 is 0 Å². The maximum Gasteiger partial charge on any atom is 0.134 e. The predicted octanol–water partition coefficient (Wildman–Crippen LogP) is 2.08. The third kappa shape index (κ3) is 3.15. The van der Waals surface area contributed by atoms with Crippen LogP contribution in [0.15, 0.2) is 6.07 Å². The van der Waals surface area contributed by atoms with Gasteiger partial charge in [0.1, 0.15) is 17.5 Å². The molecule has 19 heavy (non-hydrogen) atoms. The van der Waals surface area contributed by atoms with Gasteiger partial charge in [-0.1, -0.05) is 6.92 Å².